The normalized spacial score (nSPS) is 14.0. The quantitative estimate of drug-likeness (QED) is 0.632. The fourth-order valence-electron chi connectivity index (χ4n) is 1.73. The van der Waals surface area contributed by atoms with Crippen LogP contribution in [0.2, 0.25) is 0 Å². The maximum Gasteiger partial charge on any atom is 0.227 e. The van der Waals surface area contributed by atoms with Gasteiger partial charge in [-0.15, -0.1) is 11.8 Å². The molecule has 0 aliphatic heterocycles. The minimum absolute atomic E-state index is 0.0229. The molecule has 0 radical (unpaired) electrons. The van der Waals surface area contributed by atoms with Gasteiger partial charge >= 0.3 is 0 Å². The molecule has 1 fully saturated rings. The molecule has 0 heterocycles. The molecule has 1 aromatic rings. The Balaban J connectivity index is 1.83. The van der Waals surface area contributed by atoms with Gasteiger partial charge in [-0.05, 0) is 25.0 Å². The van der Waals surface area contributed by atoms with E-state index in [1.165, 1.54) is 24.6 Å². The highest BCUT2D eigenvalue weighted by atomic mass is 32.2. The predicted molar refractivity (Wildman–Crippen MR) is 80.6 cm³/mol. The number of rotatable bonds is 8. The van der Waals surface area contributed by atoms with Crippen molar-refractivity contribution in [3.63, 3.8) is 0 Å². The minimum Gasteiger partial charge on any atom is -0.369 e. The summed E-state index contributed by atoms with van der Waals surface area (Å²) in [5.74, 6) is -0.189. The molecule has 1 aliphatic rings. The van der Waals surface area contributed by atoms with E-state index in [9.17, 15) is 9.59 Å². The molecule has 108 valence electrons. The van der Waals surface area contributed by atoms with Crippen LogP contribution in [-0.4, -0.2) is 30.2 Å². The number of hydrogen-bond donors (Lipinski definition) is 3. The lowest BCUT2D eigenvalue weighted by Crippen LogP contribution is -2.23. The Morgan fingerprint density at radius 2 is 2.05 bits per heavy atom. The third-order valence-corrected chi connectivity index (χ3v) is 3.99. The lowest BCUT2D eigenvalue weighted by Gasteiger charge is -2.10. The van der Waals surface area contributed by atoms with E-state index in [-0.39, 0.29) is 17.6 Å². The predicted octanol–water partition coefficient (Wildman–Crippen LogP) is 1.34. The van der Waals surface area contributed by atoms with Crippen LogP contribution in [0.4, 0.5) is 5.69 Å². The molecule has 0 atom stereocenters. The van der Waals surface area contributed by atoms with E-state index >= 15 is 0 Å². The monoisotopic (exact) mass is 293 g/mol. The van der Waals surface area contributed by atoms with Gasteiger partial charge in [0.15, 0.2) is 0 Å². The van der Waals surface area contributed by atoms with Crippen LogP contribution in [0.1, 0.15) is 19.3 Å². The Labute approximate surface area is 122 Å². The van der Waals surface area contributed by atoms with Gasteiger partial charge in [0.1, 0.15) is 0 Å². The number of primary amides is 1. The first-order valence-corrected chi connectivity index (χ1v) is 7.67. The van der Waals surface area contributed by atoms with Crippen LogP contribution in [0.15, 0.2) is 29.2 Å². The fourth-order valence-corrected chi connectivity index (χ4v) is 2.48. The van der Waals surface area contributed by atoms with Crippen molar-refractivity contribution in [1.29, 1.82) is 0 Å². The number of benzene rings is 1. The molecule has 0 unspecified atom stereocenters. The topological polar surface area (TPSA) is 84.2 Å². The number of thioether (sulfide) groups is 1. The molecule has 0 aromatic heterocycles. The minimum atomic E-state index is -0.371. The highest BCUT2D eigenvalue weighted by Crippen LogP contribution is 2.26. The summed E-state index contributed by atoms with van der Waals surface area (Å²) in [6.45, 7) is 0.701. The summed E-state index contributed by atoms with van der Waals surface area (Å²) in [5, 5.41) is 6.18. The van der Waals surface area contributed by atoms with Crippen molar-refractivity contribution in [1.82, 2.24) is 5.32 Å². The second-order valence-corrected chi connectivity index (χ2v) is 5.79. The van der Waals surface area contributed by atoms with Crippen LogP contribution in [0.5, 0.6) is 0 Å². The average Bonchev–Trinajstić information content (AvgIpc) is 3.22. The van der Waals surface area contributed by atoms with Crippen molar-refractivity contribution in [2.75, 3.05) is 17.6 Å². The number of para-hydroxylation sites is 1. The summed E-state index contributed by atoms with van der Waals surface area (Å²) in [6.07, 6.45) is 2.88. The van der Waals surface area contributed by atoms with E-state index in [1.54, 1.807) is 0 Å². The molecule has 6 heteroatoms. The molecule has 1 saturated carbocycles. The van der Waals surface area contributed by atoms with Crippen LogP contribution >= 0.6 is 11.8 Å². The molecule has 20 heavy (non-hydrogen) atoms. The molecule has 2 rings (SSSR count). The number of anilines is 1. The zero-order valence-corrected chi connectivity index (χ0v) is 12.0. The second-order valence-electron chi connectivity index (χ2n) is 4.78. The third-order valence-electron chi connectivity index (χ3n) is 2.89. The maximum absolute atomic E-state index is 11.9. The number of hydrogen-bond acceptors (Lipinski definition) is 4. The van der Waals surface area contributed by atoms with Gasteiger partial charge in [-0.1, -0.05) is 12.1 Å². The van der Waals surface area contributed by atoms with E-state index < -0.39 is 0 Å². The van der Waals surface area contributed by atoms with Gasteiger partial charge in [-0.25, -0.2) is 0 Å². The van der Waals surface area contributed by atoms with Crippen LogP contribution in [0.3, 0.4) is 0 Å². The molecule has 1 aliphatic carbocycles. The average molecular weight is 293 g/mol. The molecule has 0 spiro atoms. The zero-order chi connectivity index (χ0) is 14.4. The summed E-state index contributed by atoms with van der Waals surface area (Å²) in [6, 6.07) is 8.03. The van der Waals surface area contributed by atoms with Crippen molar-refractivity contribution in [2.24, 2.45) is 5.73 Å². The highest BCUT2D eigenvalue weighted by Gasteiger charge is 2.20. The molecule has 0 saturated heterocycles. The summed E-state index contributed by atoms with van der Waals surface area (Å²) >= 11 is 1.33. The first-order valence-electron chi connectivity index (χ1n) is 6.68. The van der Waals surface area contributed by atoms with Crippen molar-refractivity contribution in [2.45, 2.75) is 30.2 Å². The summed E-state index contributed by atoms with van der Waals surface area (Å²) in [5.41, 5.74) is 5.87. The van der Waals surface area contributed by atoms with Gasteiger partial charge in [-0.3, -0.25) is 9.59 Å². The fraction of sp³-hybridized carbons (Fsp3) is 0.429. The van der Waals surface area contributed by atoms with Crippen molar-refractivity contribution >= 4 is 29.3 Å². The highest BCUT2D eigenvalue weighted by molar-refractivity contribution is 8.00. The standard InChI is InChI=1S/C14H19N3O2S/c15-13(18)9-20-12-4-2-1-3-11(12)17-14(19)7-8-16-10-5-6-10/h1-4,10,16H,5-9H2,(H2,15,18)(H,17,19). The summed E-state index contributed by atoms with van der Waals surface area (Å²) in [4.78, 5) is 23.5. The molecular formula is C14H19N3O2S. The molecule has 5 nitrogen and oxygen atoms in total. The summed E-state index contributed by atoms with van der Waals surface area (Å²) in [7, 11) is 0. The molecule has 0 bridgehead atoms. The first kappa shape index (κ1) is 14.9. The van der Waals surface area contributed by atoms with E-state index in [1.807, 2.05) is 24.3 Å². The van der Waals surface area contributed by atoms with Crippen LogP contribution in [-0.2, 0) is 9.59 Å². The third kappa shape index (κ3) is 5.22. The maximum atomic E-state index is 11.9. The van der Waals surface area contributed by atoms with Gasteiger partial charge in [0, 0.05) is 23.9 Å². The van der Waals surface area contributed by atoms with Crippen molar-refractivity contribution < 1.29 is 9.59 Å². The van der Waals surface area contributed by atoms with E-state index in [4.69, 9.17) is 5.73 Å². The lowest BCUT2D eigenvalue weighted by atomic mass is 10.3. The number of nitrogens with one attached hydrogen (secondary N) is 2. The second kappa shape index (κ2) is 7.31. The van der Waals surface area contributed by atoms with Gasteiger partial charge in [0.05, 0.1) is 11.4 Å². The molecular weight excluding hydrogens is 274 g/mol. The SMILES string of the molecule is NC(=O)CSc1ccccc1NC(=O)CCNC1CC1. The Kier molecular flexibility index (Phi) is 5.43. The Hall–Kier alpha value is -1.53. The van der Waals surface area contributed by atoms with Gasteiger partial charge in [0.25, 0.3) is 0 Å². The number of carbonyl (C=O) groups is 2. The van der Waals surface area contributed by atoms with Crippen LogP contribution in [0.25, 0.3) is 0 Å². The van der Waals surface area contributed by atoms with Crippen molar-refractivity contribution in [3.8, 4) is 0 Å². The number of carbonyl (C=O) groups excluding carboxylic acids is 2. The Morgan fingerprint density at radius 3 is 2.75 bits per heavy atom. The van der Waals surface area contributed by atoms with Gasteiger partial charge in [0.2, 0.25) is 11.8 Å². The Morgan fingerprint density at radius 1 is 1.30 bits per heavy atom. The van der Waals surface area contributed by atoms with E-state index in [0.717, 1.165) is 10.6 Å². The van der Waals surface area contributed by atoms with Gasteiger partial charge < -0.3 is 16.4 Å². The number of amides is 2. The zero-order valence-electron chi connectivity index (χ0n) is 11.2. The van der Waals surface area contributed by atoms with Crippen LogP contribution in [0, 0.1) is 0 Å². The molecule has 1 aromatic carbocycles. The lowest BCUT2D eigenvalue weighted by molar-refractivity contribution is -0.116. The van der Waals surface area contributed by atoms with E-state index in [0.29, 0.717) is 19.0 Å². The first-order chi connectivity index (χ1) is 9.65. The largest absolute Gasteiger partial charge is 0.369 e. The molecule has 4 N–H and O–H groups in total. The van der Waals surface area contributed by atoms with Crippen LogP contribution < -0.4 is 16.4 Å². The molecule has 2 amide bonds. The smallest absolute Gasteiger partial charge is 0.227 e. The van der Waals surface area contributed by atoms with E-state index in [2.05, 4.69) is 10.6 Å². The summed E-state index contributed by atoms with van der Waals surface area (Å²) < 4.78 is 0. The van der Waals surface area contributed by atoms with Crippen molar-refractivity contribution in [3.05, 3.63) is 24.3 Å². The van der Waals surface area contributed by atoms with Gasteiger partial charge in [-0.2, -0.15) is 0 Å². The number of nitrogens with two attached hydrogens (primary N) is 1. The Bertz CT molecular complexity index is 489.